The van der Waals surface area contributed by atoms with E-state index in [4.69, 9.17) is 35.4 Å². The maximum absolute atomic E-state index is 6.29. The van der Waals surface area contributed by atoms with E-state index in [1.54, 1.807) is 18.3 Å². The second kappa shape index (κ2) is 6.79. The zero-order valence-electron chi connectivity index (χ0n) is 11.7. The summed E-state index contributed by atoms with van der Waals surface area (Å²) < 4.78 is 0. The summed E-state index contributed by atoms with van der Waals surface area (Å²) in [6.45, 7) is 2.10. The molecule has 4 nitrogen and oxygen atoms in total. The lowest BCUT2D eigenvalue weighted by atomic mass is 10.2. The van der Waals surface area contributed by atoms with Gasteiger partial charge in [-0.15, -0.1) is 0 Å². The Morgan fingerprint density at radius 2 is 2.14 bits per heavy atom. The van der Waals surface area contributed by atoms with Crippen LogP contribution in [0.1, 0.15) is 5.56 Å². The Bertz CT molecular complexity index is 680. The molecule has 2 heterocycles. The first-order chi connectivity index (χ1) is 10.6. The second-order valence-electron chi connectivity index (χ2n) is 5.00. The zero-order valence-corrected chi connectivity index (χ0v) is 14.0. The van der Waals surface area contributed by atoms with Crippen molar-refractivity contribution < 1.29 is 0 Å². The van der Waals surface area contributed by atoms with Gasteiger partial charge in [0.25, 0.3) is 0 Å². The van der Waals surface area contributed by atoms with Crippen LogP contribution in [0.2, 0.25) is 10.0 Å². The van der Waals surface area contributed by atoms with Gasteiger partial charge in [-0.1, -0.05) is 29.3 Å². The van der Waals surface area contributed by atoms with Crippen LogP contribution < -0.4 is 10.2 Å². The van der Waals surface area contributed by atoms with Gasteiger partial charge in [-0.25, -0.2) is 0 Å². The molecule has 0 bridgehead atoms. The van der Waals surface area contributed by atoms with Crippen LogP contribution in [0.4, 0.5) is 5.69 Å². The maximum Gasteiger partial charge on any atom is 0.175 e. The first kappa shape index (κ1) is 15.5. The lowest BCUT2D eigenvalue weighted by molar-refractivity contribution is 0.252. The van der Waals surface area contributed by atoms with Crippen LogP contribution in [0, 0.1) is 0 Å². The van der Waals surface area contributed by atoms with E-state index in [0.29, 0.717) is 28.5 Å². The smallest absolute Gasteiger partial charge is 0.175 e. The highest BCUT2D eigenvalue weighted by Gasteiger charge is 2.23. The molecular weight excluding hydrogens is 339 g/mol. The lowest BCUT2D eigenvalue weighted by Crippen LogP contribution is -2.56. The Morgan fingerprint density at radius 3 is 2.91 bits per heavy atom. The molecule has 1 aromatic carbocycles. The molecule has 0 saturated carbocycles. The van der Waals surface area contributed by atoms with E-state index in [0.717, 1.165) is 17.8 Å². The summed E-state index contributed by atoms with van der Waals surface area (Å²) in [7, 11) is 0. The fourth-order valence-corrected chi connectivity index (χ4v) is 2.93. The van der Waals surface area contributed by atoms with Crippen molar-refractivity contribution in [3.8, 4) is 0 Å². The van der Waals surface area contributed by atoms with Crippen molar-refractivity contribution in [2.75, 3.05) is 18.2 Å². The third-order valence-electron chi connectivity index (χ3n) is 3.37. The average Bonchev–Trinajstić information content (AvgIpc) is 2.53. The van der Waals surface area contributed by atoms with Crippen LogP contribution in [-0.4, -0.2) is 28.3 Å². The molecule has 1 N–H and O–H groups in total. The molecule has 0 unspecified atom stereocenters. The second-order valence-corrected chi connectivity index (χ2v) is 6.23. The summed E-state index contributed by atoms with van der Waals surface area (Å²) in [4.78, 5) is 8.30. The molecule has 1 aliphatic heterocycles. The number of nitrogens with one attached hydrogen (secondary N) is 1. The standard InChI is InChI=1S/C15H14Cl2N4S/c16-12-3-4-13(17)14(6-12)21-10-20(9-19-15(21)22)8-11-2-1-5-18-7-11/h1-7H,8-10H2,(H,19,22). The molecule has 7 heteroatoms. The summed E-state index contributed by atoms with van der Waals surface area (Å²) in [5, 5.41) is 5.11. The third-order valence-corrected chi connectivity index (χ3v) is 4.29. The van der Waals surface area contributed by atoms with Crippen molar-refractivity contribution in [3.05, 3.63) is 58.3 Å². The van der Waals surface area contributed by atoms with Crippen LogP contribution in [0.15, 0.2) is 42.7 Å². The molecule has 0 amide bonds. The highest BCUT2D eigenvalue weighted by Crippen LogP contribution is 2.30. The Hall–Kier alpha value is -1.40. The summed E-state index contributed by atoms with van der Waals surface area (Å²) in [5.41, 5.74) is 1.96. The van der Waals surface area contributed by atoms with Gasteiger partial charge in [-0.3, -0.25) is 9.88 Å². The van der Waals surface area contributed by atoms with E-state index in [-0.39, 0.29) is 0 Å². The van der Waals surface area contributed by atoms with E-state index >= 15 is 0 Å². The molecule has 2 aromatic rings. The molecule has 1 fully saturated rings. The molecule has 0 atom stereocenters. The highest BCUT2D eigenvalue weighted by atomic mass is 35.5. The molecule has 22 heavy (non-hydrogen) atoms. The van der Waals surface area contributed by atoms with Gasteiger partial charge < -0.3 is 10.2 Å². The van der Waals surface area contributed by atoms with E-state index in [2.05, 4.69) is 21.3 Å². The van der Waals surface area contributed by atoms with Gasteiger partial charge in [-0.05, 0) is 42.0 Å². The van der Waals surface area contributed by atoms with Crippen LogP contribution in [0.5, 0.6) is 0 Å². The molecule has 0 spiro atoms. The van der Waals surface area contributed by atoms with Crippen molar-refractivity contribution in [1.29, 1.82) is 0 Å². The molecule has 1 saturated heterocycles. The van der Waals surface area contributed by atoms with Crippen LogP contribution in [0.25, 0.3) is 0 Å². The minimum Gasteiger partial charge on any atom is -0.349 e. The average molecular weight is 353 g/mol. The van der Waals surface area contributed by atoms with E-state index in [1.165, 1.54) is 0 Å². The molecule has 3 rings (SSSR count). The van der Waals surface area contributed by atoms with Gasteiger partial charge in [0.15, 0.2) is 5.11 Å². The Kier molecular flexibility index (Phi) is 4.78. The van der Waals surface area contributed by atoms with Crippen molar-refractivity contribution >= 4 is 46.2 Å². The zero-order chi connectivity index (χ0) is 15.5. The van der Waals surface area contributed by atoms with Crippen LogP contribution in [-0.2, 0) is 6.54 Å². The van der Waals surface area contributed by atoms with Crippen molar-refractivity contribution in [2.45, 2.75) is 6.54 Å². The van der Waals surface area contributed by atoms with E-state index in [9.17, 15) is 0 Å². The van der Waals surface area contributed by atoms with Crippen molar-refractivity contribution in [2.24, 2.45) is 0 Å². The maximum atomic E-state index is 6.29. The first-order valence-electron chi connectivity index (χ1n) is 6.75. The van der Waals surface area contributed by atoms with E-state index < -0.39 is 0 Å². The molecular formula is C15H14Cl2N4S. The van der Waals surface area contributed by atoms with Gasteiger partial charge in [0.05, 0.1) is 24.0 Å². The topological polar surface area (TPSA) is 31.4 Å². The van der Waals surface area contributed by atoms with E-state index in [1.807, 2.05) is 23.2 Å². The fraction of sp³-hybridized carbons (Fsp3) is 0.200. The highest BCUT2D eigenvalue weighted by molar-refractivity contribution is 7.80. The van der Waals surface area contributed by atoms with Crippen molar-refractivity contribution in [1.82, 2.24) is 15.2 Å². The first-order valence-corrected chi connectivity index (χ1v) is 7.91. The Labute approximate surface area is 144 Å². The predicted octanol–water partition coefficient (Wildman–Crippen LogP) is 3.50. The number of rotatable bonds is 3. The molecule has 0 aliphatic carbocycles. The number of nitrogens with zero attached hydrogens (tertiary/aromatic N) is 3. The molecule has 1 aromatic heterocycles. The minimum atomic E-state index is 0.622. The molecule has 114 valence electrons. The number of hydrogen-bond acceptors (Lipinski definition) is 3. The van der Waals surface area contributed by atoms with Gasteiger partial charge in [0, 0.05) is 24.0 Å². The molecule has 1 aliphatic rings. The SMILES string of the molecule is S=C1NCN(Cc2cccnc2)CN1c1cc(Cl)ccc1Cl. The largest absolute Gasteiger partial charge is 0.349 e. The number of pyridine rings is 1. The summed E-state index contributed by atoms with van der Waals surface area (Å²) in [6, 6.07) is 9.36. The van der Waals surface area contributed by atoms with Crippen molar-refractivity contribution in [3.63, 3.8) is 0 Å². The molecule has 0 radical (unpaired) electrons. The van der Waals surface area contributed by atoms with Crippen LogP contribution >= 0.6 is 35.4 Å². The van der Waals surface area contributed by atoms with Gasteiger partial charge in [0.1, 0.15) is 0 Å². The fourth-order valence-electron chi connectivity index (χ4n) is 2.32. The minimum absolute atomic E-state index is 0.622. The van der Waals surface area contributed by atoms with Crippen LogP contribution in [0.3, 0.4) is 0 Å². The normalized spacial score (nSPS) is 15.7. The number of thiocarbonyl (C=S) groups is 1. The number of anilines is 1. The third kappa shape index (κ3) is 3.50. The van der Waals surface area contributed by atoms with Gasteiger partial charge in [-0.2, -0.15) is 0 Å². The number of halogens is 2. The summed E-state index contributed by atoms with van der Waals surface area (Å²) >= 11 is 17.8. The summed E-state index contributed by atoms with van der Waals surface area (Å²) in [5.74, 6) is 0. The number of aromatic nitrogens is 1. The van der Waals surface area contributed by atoms with Gasteiger partial charge >= 0.3 is 0 Å². The number of hydrogen-bond donors (Lipinski definition) is 1. The van der Waals surface area contributed by atoms with Gasteiger partial charge in [0.2, 0.25) is 0 Å². The Morgan fingerprint density at radius 1 is 1.27 bits per heavy atom. The Balaban J connectivity index is 1.79. The summed E-state index contributed by atoms with van der Waals surface area (Å²) in [6.07, 6.45) is 3.63. The monoisotopic (exact) mass is 352 g/mol. The quantitative estimate of drug-likeness (QED) is 0.854. The predicted molar refractivity (Wildman–Crippen MR) is 94.2 cm³/mol. The number of benzene rings is 1. The lowest BCUT2D eigenvalue weighted by Gasteiger charge is -2.38.